The summed E-state index contributed by atoms with van der Waals surface area (Å²) in [6.07, 6.45) is 6.63. The Morgan fingerprint density at radius 1 is 0.914 bits per heavy atom. The third-order valence-corrected chi connectivity index (χ3v) is 7.38. The Morgan fingerprint density at radius 3 is 2.49 bits per heavy atom. The number of carbonyl (C=O) groups is 3. The van der Waals surface area contributed by atoms with Gasteiger partial charge in [0, 0.05) is 31.7 Å². The highest BCUT2D eigenvalue weighted by Gasteiger charge is 2.40. The Labute approximate surface area is 207 Å². The number of hydrogen-bond acceptors (Lipinski definition) is 4. The highest BCUT2D eigenvalue weighted by Crippen LogP contribution is 2.40. The molecule has 0 unspecified atom stereocenters. The molecule has 2 aromatic rings. The van der Waals surface area contributed by atoms with Crippen LogP contribution < -0.4 is 15.1 Å². The number of piperidine rings is 1. The van der Waals surface area contributed by atoms with E-state index < -0.39 is 0 Å². The van der Waals surface area contributed by atoms with Gasteiger partial charge >= 0.3 is 0 Å². The molecule has 1 atom stereocenters. The van der Waals surface area contributed by atoms with Crippen LogP contribution in [0.25, 0.3) is 0 Å². The summed E-state index contributed by atoms with van der Waals surface area (Å²) in [6.45, 7) is 2.91. The van der Waals surface area contributed by atoms with Gasteiger partial charge < -0.3 is 15.1 Å². The molecule has 2 saturated heterocycles. The molecule has 184 valence electrons. The van der Waals surface area contributed by atoms with Crippen molar-refractivity contribution in [2.75, 3.05) is 42.5 Å². The van der Waals surface area contributed by atoms with Crippen molar-refractivity contribution in [1.82, 2.24) is 10.2 Å². The molecule has 3 aliphatic rings. The predicted octanol–water partition coefficient (Wildman–Crippen LogP) is 3.38. The Kier molecular flexibility index (Phi) is 7.02. The van der Waals surface area contributed by atoms with Gasteiger partial charge in [-0.2, -0.15) is 0 Å². The van der Waals surface area contributed by atoms with Crippen LogP contribution >= 0.6 is 0 Å². The fraction of sp³-hybridized carbons (Fsp3) is 0.464. The molecule has 7 heteroatoms. The van der Waals surface area contributed by atoms with E-state index in [4.69, 9.17) is 0 Å². The number of aryl methyl sites for hydroxylation is 1. The molecule has 7 nitrogen and oxygen atoms in total. The predicted molar refractivity (Wildman–Crippen MR) is 137 cm³/mol. The van der Waals surface area contributed by atoms with E-state index in [2.05, 4.69) is 22.3 Å². The van der Waals surface area contributed by atoms with Crippen molar-refractivity contribution in [3.8, 4) is 0 Å². The summed E-state index contributed by atoms with van der Waals surface area (Å²) in [5, 5.41) is 2.98. The molecule has 0 spiro atoms. The van der Waals surface area contributed by atoms with Gasteiger partial charge in [-0.25, -0.2) is 0 Å². The van der Waals surface area contributed by atoms with E-state index in [-0.39, 0.29) is 30.3 Å². The average molecular weight is 475 g/mol. The van der Waals surface area contributed by atoms with Crippen LogP contribution in [-0.4, -0.2) is 61.4 Å². The molecule has 0 radical (unpaired) electrons. The number of likely N-dealkylation sites (tertiary alicyclic amines) is 1. The second-order valence-electron chi connectivity index (χ2n) is 9.77. The molecule has 0 aromatic heterocycles. The van der Waals surface area contributed by atoms with Crippen molar-refractivity contribution >= 4 is 29.1 Å². The summed E-state index contributed by atoms with van der Waals surface area (Å²) in [5.41, 5.74) is 3.46. The standard InChI is InChI=1S/C28H34N4O3/c33-26(29-15-8-11-21-9-2-1-3-10-21)20-32-25-19-22(27(34)30-16-6-7-17-30)13-14-23(25)31-18-5-4-12-24(31)28(32)35/h1-3,9-10,13-14,19,24H,4-8,11-12,15-18,20H2,(H,29,33)/t24-/m0/s1. The van der Waals surface area contributed by atoms with Gasteiger partial charge in [-0.15, -0.1) is 0 Å². The number of nitrogens with zero attached hydrogens (tertiary/aromatic N) is 3. The van der Waals surface area contributed by atoms with Crippen LogP contribution in [0.3, 0.4) is 0 Å². The lowest BCUT2D eigenvalue weighted by Gasteiger charge is -2.45. The minimum absolute atomic E-state index is 0.00355. The van der Waals surface area contributed by atoms with Gasteiger partial charge in [0.25, 0.3) is 5.91 Å². The fourth-order valence-corrected chi connectivity index (χ4v) is 5.52. The molecule has 2 fully saturated rings. The molecule has 3 amide bonds. The van der Waals surface area contributed by atoms with Gasteiger partial charge in [-0.1, -0.05) is 30.3 Å². The molecule has 35 heavy (non-hydrogen) atoms. The number of rotatable bonds is 7. The maximum atomic E-state index is 13.5. The Hall–Kier alpha value is -3.35. The minimum atomic E-state index is -0.234. The van der Waals surface area contributed by atoms with Crippen molar-refractivity contribution in [2.24, 2.45) is 0 Å². The average Bonchev–Trinajstić information content (AvgIpc) is 3.44. The van der Waals surface area contributed by atoms with Crippen molar-refractivity contribution in [3.63, 3.8) is 0 Å². The molecule has 2 aromatic carbocycles. The second-order valence-corrected chi connectivity index (χ2v) is 9.77. The molecule has 0 bridgehead atoms. The van der Waals surface area contributed by atoms with Crippen LogP contribution in [-0.2, 0) is 16.0 Å². The van der Waals surface area contributed by atoms with Gasteiger partial charge in [0.15, 0.2) is 0 Å². The third-order valence-electron chi connectivity index (χ3n) is 7.38. The van der Waals surface area contributed by atoms with Gasteiger partial charge in [0.2, 0.25) is 11.8 Å². The van der Waals surface area contributed by atoms with Crippen LogP contribution in [0.5, 0.6) is 0 Å². The number of fused-ring (bicyclic) bond motifs is 3. The highest BCUT2D eigenvalue weighted by atomic mass is 16.2. The van der Waals surface area contributed by atoms with Crippen LogP contribution in [0.1, 0.15) is 54.4 Å². The van der Waals surface area contributed by atoms with Crippen molar-refractivity contribution in [2.45, 2.75) is 51.0 Å². The van der Waals surface area contributed by atoms with Crippen LogP contribution in [0, 0.1) is 0 Å². The van der Waals surface area contributed by atoms with E-state index in [9.17, 15) is 14.4 Å². The van der Waals surface area contributed by atoms with Crippen LogP contribution in [0.2, 0.25) is 0 Å². The summed E-state index contributed by atoms with van der Waals surface area (Å²) in [5.74, 6) is -0.205. The van der Waals surface area contributed by atoms with E-state index in [0.29, 0.717) is 17.8 Å². The van der Waals surface area contributed by atoms with E-state index in [1.165, 1.54) is 5.56 Å². The third kappa shape index (κ3) is 5.04. The fourth-order valence-electron chi connectivity index (χ4n) is 5.52. The van der Waals surface area contributed by atoms with Gasteiger partial charge in [0.05, 0.1) is 11.4 Å². The highest BCUT2D eigenvalue weighted by molar-refractivity contribution is 6.09. The number of hydrogen-bond donors (Lipinski definition) is 1. The molecule has 5 rings (SSSR count). The first-order valence-electron chi connectivity index (χ1n) is 12.9. The number of benzene rings is 2. The lowest BCUT2D eigenvalue weighted by atomic mass is 9.95. The lowest BCUT2D eigenvalue weighted by Crippen LogP contribution is -2.57. The first kappa shape index (κ1) is 23.4. The molecule has 3 heterocycles. The summed E-state index contributed by atoms with van der Waals surface area (Å²) < 4.78 is 0. The van der Waals surface area contributed by atoms with Crippen molar-refractivity contribution in [3.05, 3.63) is 59.7 Å². The monoisotopic (exact) mass is 474 g/mol. The van der Waals surface area contributed by atoms with E-state index in [0.717, 1.165) is 70.3 Å². The second kappa shape index (κ2) is 10.5. The van der Waals surface area contributed by atoms with Crippen LogP contribution in [0.4, 0.5) is 11.4 Å². The smallest absolute Gasteiger partial charge is 0.253 e. The van der Waals surface area contributed by atoms with E-state index in [1.54, 1.807) is 4.90 Å². The molecule has 1 N–H and O–H groups in total. The van der Waals surface area contributed by atoms with Crippen molar-refractivity contribution < 1.29 is 14.4 Å². The first-order chi connectivity index (χ1) is 17.1. The maximum absolute atomic E-state index is 13.5. The molecular formula is C28H34N4O3. The summed E-state index contributed by atoms with van der Waals surface area (Å²) in [6, 6.07) is 15.6. The summed E-state index contributed by atoms with van der Waals surface area (Å²) in [7, 11) is 0. The molecular weight excluding hydrogens is 440 g/mol. The SMILES string of the molecule is O=C(CN1C(=O)[C@@H]2CCCCN2c2ccc(C(=O)N3CCCC3)cc21)NCCCc1ccccc1. The number of amides is 3. The van der Waals surface area contributed by atoms with Gasteiger partial charge in [-0.3, -0.25) is 19.3 Å². The first-order valence-corrected chi connectivity index (χ1v) is 12.9. The van der Waals surface area contributed by atoms with E-state index in [1.807, 2.05) is 41.3 Å². The van der Waals surface area contributed by atoms with Crippen molar-refractivity contribution in [1.29, 1.82) is 0 Å². The zero-order chi connectivity index (χ0) is 24.2. The zero-order valence-electron chi connectivity index (χ0n) is 20.2. The number of nitrogens with one attached hydrogen (secondary N) is 1. The largest absolute Gasteiger partial charge is 0.358 e. The topological polar surface area (TPSA) is 73.0 Å². The molecule has 0 saturated carbocycles. The number of carbonyl (C=O) groups excluding carboxylic acids is 3. The van der Waals surface area contributed by atoms with Crippen LogP contribution in [0.15, 0.2) is 48.5 Å². The van der Waals surface area contributed by atoms with E-state index >= 15 is 0 Å². The molecule has 0 aliphatic carbocycles. The minimum Gasteiger partial charge on any atom is -0.358 e. The quantitative estimate of drug-likeness (QED) is 0.625. The van der Waals surface area contributed by atoms with Gasteiger partial charge in [-0.05, 0) is 68.7 Å². The number of anilines is 2. The van der Waals surface area contributed by atoms with Gasteiger partial charge in [0.1, 0.15) is 12.6 Å². The Bertz CT molecular complexity index is 1080. The maximum Gasteiger partial charge on any atom is 0.253 e. The lowest BCUT2D eigenvalue weighted by molar-refractivity contribution is -0.125. The zero-order valence-corrected chi connectivity index (χ0v) is 20.2. The Balaban J connectivity index is 1.31. The normalized spacial score (nSPS) is 19.4. The Morgan fingerprint density at radius 2 is 1.69 bits per heavy atom. The molecule has 3 aliphatic heterocycles. The summed E-state index contributed by atoms with van der Waals surface area (Å²) >= 11 is 0. The summed E-state index contributed by atoms with van der Waals surface area (Å²) in [4.78, 5) is 45.1.